The van der Waals surface area contributed by atoms with Gasteiger partial charge in [0.15, 0.2) is 0 Å². The Morgan fingerprint density at radius 3 is 2.29 bits per heavy atom. The van der Waals surface area contributed by atoms with Gasteiger partial charge < -0.3 is 15.3 Å². The summed E-state index contributed by atoms with van der Waals surface area (Å²) in [5, 5.41) is 11.7. The molecule has 1 rings (SSSR count). The molecule has 1 aromatic rings. The average molecular weight is 292 g/mol. The minimum atomic E-state index is -1.08. The minimum absolute atomic E-state index is 0.139. The summed E-state index contributed by atoms with van der Waals surface area (Å²) in [5.41, 5.74) is 1.44. The molecular weight excluding hydrogens is 272 g/mol. The Morgan fingerprint density at radius 1 is 1.24 bits per heavy atom. The highest BCUT2D eigenvalue weighted by atomic mass is 16.4. The lowest BCUT2D eigenvalue weighted by molar-refractivity contribution is -0.141. The third-order valence-corrected chi connectivity index (χ3v) is 3.11. The number of carboxylic acids is 1. The molecule has 1 atom stereocenters. The fourth-order valence-corrected chi connectivity index (χ4v) is 1.82. The molecule has 1 aromatic carbocycles. The normalized spacial score (nSPS) is 11.6. The van der Waals surface area contributed by atoms with E-state index in [2.05, 4.69) is 5.32 Å². The van der Waals surface area contributed by atoms with Crippen LogP contribution in [-0.2, 0) is 9.59 Å². The number of nitrogens with one attached hydrogen (secondary N) is 1. The van der Waals surface area contributed by atoms with Crippen molar-refractivity contribution in [2.75, 3.05) is 13.1 Å². The maximum atomic E-state index is 12.4. The third-order valence-electron chi connectivity index (χ3n) is 3.11. The van der Waals surface area contributed by atoms with E-state index >= 15 is 0 Å². The Labute approximate surface area is 123 Å². The summed E-state index contributed by atoms with van der Waals surface area (Å²) in [4.78, 5) is 35.7. The number of hydrogen-bond acceptors (Lipinski definition) is 3. The van der Waals surface area contributed by atoms with Crippen LogP contribution in [0.2, 0.25) is 0 Å². The first-order valence-corrected chi connectivity index (χ1v) is 6.67. The number of nitrogens with zero attached hydrogens (tertiary/aromatic N) is 1. The van der Waals surface area contributed by atoms with Gasteiger partial charge in [-0.3, -0.25) is 9.59 Å². The SMILES string of the molecule is CC(=O)NCCN(C(=O)c1ccc(C)cc1)C(C)C(=O)O. The van der Waals surface area contributed by atoms with Gasteiger partial charge in [0.1, 0.15) is 6.04 Å². The number of aliphatic carboxylic acids is 1. The van der Waals surface area contributed by atoms with Gasteiger partial charge in [0.2, 0.25) is 5.91 Å². The van der Waals surface area contributed by atoms with E-state index in [1.165, 1.54) is 18.7 Å². The molecule has 1 unspecified atom stereocenters. The van der Waals surface area contributed by atoms with Crippen LogP contribution in [0.5, 0.6) is 0 Å². The zero-order valence-corrected chi connectivity index (χ0v) is 12.4. The predicted molar refractivity (Wildman–Crippen MR) is 78.0 cm³/mol. The molecule has 6 nitrogen and oxygen atoms in total. The number of carbonyl (C=O) groups excluding carboxylic acids is 2. The average Bonchev–Trinajstić information content (AvgIpc) is 2.42. The third kappa shape index (κ3) is 4.91. The fourth-order valence-electron chi connectivity index (χ4n) is 1.82. The number of benzene rings is 1. The summed E-state index contributed by atoms with van der Waals surface area (Å²) in [6.07, 6.45) is 0. The van der Waals surface area contributed by atoms with E-state index in [0.717, 1.165) is 5.56 Å². The Balaban J connectivity index is 2.88. The number of amides is 2. The van der Waals surface area contributed by atoms with Gasteiger partial charge in [-0.15, -0.1) is 0 Å². The molecule has 0 bridgehead atoms. The van der Waals surface area contributed by atoms with Gasteiger partial charge in [0.25, 0.3) is 5.91 Å². The van der Waals surface area contributed by atoms with Crippen molar-refractivity contribution >= 4 is 17.8 Å². The molecule has 2 N–H and O–H groups in total. The van der Waals surface area contributed by atoms with Crippen LogP contribution in [0, 0.1) is 6.92 Å². The number of aryl methyl sites for hydroxylation is 1. The maximum absolute atomic E-state index is 12.4. The van der Waals surface area contributed by atoms with E-state index in [4.69, 9.17) is 5.11 Å². The lowest BCUT2D eigenvalue weighted by atomic mass is 10.1. The van der Waals surface area contributed by atoms with E-state index in [-0.39, 0.29) is 24.9 Å². The second-order valence-corrected chi connectivity index (χ2v) is 4.86. The molecule has 0 aromatic heterocycles. The Kier molecular flexibility index (Phi) is 5.90. The highest BCUT2D eigenvalue weighted by Gasteiger charge is 2.26. The number of hydrogen-bond donors (Lipinski definition) is 2. The lowest BCUT2D eigenvalue weighted by Gasteiger charge is -2.26. The van der Waals surface area contributed by atoms with E-state index in [0.29, 0.717) is 5.56 Å². The summed E-state index contributed by atoms with van der Waals surface area (Å²) in [6, 6.07) is 5.96. The first-order chi connectivity index (χ1) is 9.82. The van der Waals surface area contributed by atoms with Crippen LogP contribution in [0.25, 0.3) is 0 Å². The quantitative estimate of drug-likeness (QED) is 0.820. The number of rotatable bonds is 6. The molecule has 0 aliphatic rings. The van der Waals surface area contributed by atoms with Gasteiger partial charge in [-0.05, 0) is 26.0 Å². The molecule has 0 saturated heterocycles. The topological polar surface area (TPSA) is 86.7 Å². The van der Waals surface area contributed by atoms with Crippen molar-refractivity contribution in [3.8, 4) is 0 Å². The van der Waals surface area contributed by atoms with Gasteiger partial charge in [0.05, 0.1) is 0 Å². The smallest absolute Gasteiger partial charge is 0.326 e. The molecule has 114 valence electrons. The van der Waals surface area contributed by atoms with Crippen molar-refractivity contribution in [2.24, 2.45) is 0 Å². The Hall–Kier alpha value is -2.37. The van der Waals surface area contributed by atoms with Crippen LogP contribution in [0.1, 0.15) is 29.8 Å². The summed E-state index contributed by atoms with van der Waals surface area (Å²) in [6.45, 7) is 5.07. The van der Waals surface area contributed by atoms with E-state index in [9.17, 15) is 14.4 Å². The summed E-state index contributed by atoms with van der Waals surface area (Å²) < 4.78 is 0. The second-order valence-electron chi connectivity index (χ2n) is 4.86. The van der Waals surface area contributed by atoms with E-state index < -0.39 is 12.0 Å². The molecule has 0 heterocycles. The second kappa shape index (κ2) is 7.42. The summed E-state index contributed by atoms with van der Waals surface area (Å²) in [5.74, 6) is -1.67. The van der Waals surface area contributed by atoms with Crippen LogP contribution in [0.4, 0.5) is 0 Å². The van der Waals surface area contributed by atoms with Gasteiger partial charge >= 0.3 is 5.97 Å². The highest BCUT2D eigenvalue weighted by Crippen LogP contribution is 2.10. The monoisotopic (exact) mass is 292 g/mol. The fraction of sp³-hybridized carbons (Fsp3) is 0.400. The molecule has 0 radical (unpaired) electrons. The van der Waals surface area contributed by atoms with Crippen molar-refractivity contribution < 1.29 is 19.5 Å². The molecule has 2 amide bonds. The zero-order chi connectivity index (χ0) is 16.0. The Morgan fingerprint density at radius 2 is 1.81 bits per heavy atom. The van der Waals surface area contributed by atoms with Crippen LogP contribution >= 0.6 is 0 Å². The van der Waals surface area contributed by atoms with Gasteiger partial charge in [-0.2, -0.15) is 0 Å². The lowest BCUT2D eigenvalue weighted by Crippen LogP contribution is -2.46. The molecule has 0 fully saturated rings. The molecule has 0 aliphatic heterocycles. The zero-order valence-electron chi connectivity index (χ0n) is 12.4. The molecular formula is C15H20N2O4. The van der Waals surface area contributed by atoms with Crippen LogP contribution in [-0.4, -0.2) is 46.9 Å². The van der Waals surface area contributed by atoms with Gasteiger partial charge in [0, 0.05) is 25.6 Å². The number of carboxylic acid groups (broad SMARTS) is 1. The Bertz CT molecular complexity index is 525. The summed E-state index contributed by atoms with van der Waals surface area (Å²) >= 11 is 0. The van der Waals surface area contributed by atoms with Crippen molar-refractivity contribution in [1.29, 1.82) is 0 Å². The predicted octanol–water partition coefficient (Wildman–Crippen LogP) is 1.05. The summed E-state index contributed by atoms with van der Waals surface area (Å²) in [7, 11) is 0. The van der Waals surface area contributed by atoms with Crippen LogP contribution < -0.4 is 5.32 Å². The maximum Gasteiger partial charge on any atom is 0.326 e. The van der Waals surface area contributed by atoms with Crippen molar-refractivity contribution in [2.45, 2.75) is 26.8 Å². The van der Waals surface area contributed by atoms with E-state index in [1.807, 2.05) is 6.92 Å². The van der Waals surface area contributed by atoms with Crippen molar-refractivity contribution in [3.05, 3.63) is 35.4 Å². The minimum Gasteiger partial charge on any atom is -0.480 e. The first kappa shape index (κ1) is 16.7. The highest BCUT2D eigenvalue weighted by molar-refractivity contribution is 5.96. The van der Waals surface area contributed by atoms with E-state index in [1.54, 1.807) is 24.3 Å². The molecule has 0 aliphatic carbocycles. The van der Waals surface area contributed by atoms with Gasteiger partial charge in [-0.1, -0.05) is 17.7 Å². The van der Waals surface area contributed by atoms with Crippen LogP contribution in [0.3, 0.4) is 0 Å². The standard InChI is InChI=1S/C15H20N2O4/c1-10-4-6-13(7-5-10)14(19)17(11(2)15(20)21)9-8-16-12(3)18/h4-7,11H,8-9H2,1-3H3,(H,16,18)(H,20,21). The number of carbonyl (C=O) groups is 3. The van der Waals surface area contributed by atoms with Crippen molar-refractivity contribution in [1.82, 2.24) is 10.2 Å². The van der Waals surface area contributed by atoms with Crippen molar-refractivity contribution in [3.63, 3.8) is 0 Å². The largest absolute Gasteiger partial charge is 0.480 e. The molecule has 21 heavy (non-hydrogen) atoms. The molecule has 0 saturated carbocycles. The molecule has 6 heteroatoms. The van der Waals surface area contributed by atoms with Crippen LogP contribution in [0.15, 0.2) is 24.3 Å². The first-order valence-electron chi connectivity index (χ1n) is 6.67. The molecule has 0 spiro atoms. The van der Waals surface area contributed by atoms with Gasteiger partial charge in [-0.25, -0.2) is 4.79 Å².